The van der Waals surface area contributed by atoms with E-state index in [2.05, 4.69) is 10.2 Å². The van der Waals surface area contributed by atoms with E-state index in [0.717, 1.165) is 12.8 Å². The minimum atomic E-state index is -0.479. The molecule has 0 bridgehead atoms. The Kier molecular flexibility index (Phi) is 5.20. The van der Waals surface area contributed by atoms with Crippen molar-refractivity contribution in [2.75, 3.05) is 19.7 Å². The van der Waals surface area contributed by atoms with Gasteiger partial charge in [-0.2, -0.15) is 5.10 Å². The minimum Gasteiger partial charge on any atom is -0.481 e. The number of rotatable bonds is 5. The fourth-order valence-electron chi connectivity index (χ4n) is 2.57. The molecule has 0 saturated carbocycles. The summed E-state index contributed by atoms with van der Waals surface area (Å²) in [6.45, 7) is 0.897. The molecule has 3 rings (SSSR count). The maximum atomic E-state index is 13.5. The third-order valence-corrected chi connectivity index (χ3v) is 3.75. The minimum absolute atomic E-state index is 0.0789. The lowest BCUT2D eigenvalue weighted by molar-refractivity contribution is -0.136. The van der Waals surface area contributed by atoms with Crippen molar-refractivity contribution >= 4 is 5.91 Å². The average Bonchev–Trinajstić information content (AvgIpc) is 2.62. The summed E-state index contributed by atoms with van der Waals surface area (Å²) >= 11 is 0. The molecule has 0 N–H and O–H groups in total. The largest absolute Gasteiger partial charge is 0.481 e. The molecule has 1 aliphatic heterocycles. The smallest absolute Gasteiger partial charge is 0.260 e. The number of halogens is 1. The van der Waals surface area contributed by atoms with Gasteiger partial charge in [0.2, 0.25) is 5.88 Å². The van der Waals surface area contributed by atoms with Gasteiger partial charge in [-0.25, -0.2) is 4.39 Å². The molecule has 24 heavy (non-hydrogen) atoms. The zero-order chi connectivity index (χ0) is 16.8. The van der Waals surface area contributed by atoms with Crippen LogP contribution in [0.3, 0.4) is 0 Å². The second kappa shape index (κ2) is 7.72. The van der Waals surface area contributed by atoms with E-state index in [4.69, 9.17) is 9.47 Å². The van der Waals surface area contributed by atoms with Crippen molar-refractivity contribution in [2.24, 2.45) is 0 Å². The lowest BCUT2D eigenvalue weighted by atomic mass is 10.1. The fourth-order valence-corrected chi connectivity index (χ4v) is 2.57. The van der Waals surface area contributed by atoms with Gasteiger partial charge in [0.1, 0.15) is 6.10 Å². The average molecular weight is 331 g/mol. The SMILES string of the molecule is O=C(COc1ccccc1F)N1CCC[C@H](Oc2cccnn2)C1. The molecule has 1 saturated heterocycles. The van der Waals surface area contributed by atoms with E-state index in [-0.39, 0.29) is 24.4 Å². The van der Waals surface area contributed by atoms with E-state index >= 15 is 0 Å². The number of para-hydroxylation sites is 1. The van der Waals surface area contributed by atoms with E-state index < -0.39 is 5.82 Å². The molecule has 1 aliphatic rings. The molecule has 1 amide bonds. The molecule has 6 nitrogen and oxygen atoms in total. The van der Waals surface area contributed by atoms with Crippen LogP contribution in [0, 0.1) is 5.82 Å². The van der Waals surface area contributed by atoms with Crippen LogP contribution in [0.2, 0.25) is 0 Å². The Bertz CT molecular complexity index is 684. The lowest BCUT2D eigenvalue weighted by Crippen LogP contribution is -2.46. The summed E-state index contributed by atoms with van der Waals surface area (Å²) in [5.74, 6) is -0.145. The lowest BCUT2D eigenvalue weighted by Gasteiger charge is -2.32. The van der Waals surface area contributed by atoms with Crippen molar-refractivity contribution in [1.82, 2.24) is 15.1 Å². The predicted molar refractivity (Wildman–Crippen MR) is 84.2 cm³/mol. The van der Waals surface area contributed by atoms with Gasteiger partial charge in [-0.15, -0.1) is 5.10 Å². The van der Waals surface area contributed by atoms with Gasteiger partial charge in [-0.3, -0.25) is 4.79 Å². The van der Waals surface area contributed by atoms with E-state index in [1.165, 1.54) is 12.1 Å². The number of hydrogen-bond donors (Lipinski definition) is 0. The second-order valence-corrected chi connectivity index (χ2v) is 5.50. The van der Waals surface area contributed by atoms with Crippen LogP contribution in [0.5, 0.6) is 11.6 Å². The fraction of sp³-hybridized carbons (Fsp3) is 0.353. The number of aromatic nitrogens is 2. The van der Waals surface area contributed by atoms with Crippen LogP contribution in [0.4, 0.5) is 4.39 Å². The highest BCUT2D eigenvalue weighted by molar-refractivity contribution is 5.77. The standard InChI is InChI=1S/C17H18FN3O3/c18-14-6-1-2-7-15(14)23-12-17(22)21-10-4-5-13(11-21)24-16-8-3-9-19-20-16/h1-3,6-9,13H,4-5,10-12H2/t13-/m0/s1. The molecule has 1 fully saturated rings. The predicted octanol–water partition coefficient (Wildman–Crippen LogP) is 2.06. The third kappa shape index (κ3) is 4.18. The first-order chi connectivity index (χ1) is 11.7. The maximum absolute atomic E-state index is 13.5. The summed E-state index contributed by atoms with van der Waals surface area (Å²) in [4.78, 5) is 13.9. The Balaban J connectivity index is 1.52. The van der Waals surface area contributed by atoms with Crippen molar-refractivity contribution in [3.05, 3.63) is 48.4 Å². The topological polar surface area (TPSA) is 64.5 Å². The van der Waals surface area contributed by atoms with Gasteiger partial charge < -0.3 is 14.4 Å². The molecular formula is C17H18FN3O3. The molecule has 2 heterocycles. The van der Waals surface area contributed by atoms with Crippen LogP contribution in [-0.2, 0) is 4.79 Å². The molecule has 0 spiro atoms. The van der Waals surface area contributed by atoms with E-state index in [1.807, 2.05) is 0 Å². The molecule has 7 heteroatoms. The van der Waals surface area contributed by atoms with E-state index in [9.17, 15) is 9.18 Å². The first-order valence-electron chi connectivity index (χ1n) is 7.82. The van der Waals surface area contributed by atoms with Crippen molar-refractivity contribution in [3.63, 3.8) is 0 Å². The van der Waals surface area contributed by atoms with Crippen molar-refractivity contribution in [1.29, 1.82) is 0 Å². The van der Waals surface area contributed by atoms with Gasteiger partial charge in [-0.05, 0) is 31.0 Å². The highest BCUT2D eigenvalue weighted by atomic mass is 19.1. The van der Waals surface area contributed by atoms with Crippen molar-refractivity contribution in [3.8, 4) is 11.6 Å². The molecular weight excluding hydrogens is 313 g/mol. The molecule has 2 aromatic rings. The summed E-state index contributed by atoms with van der Waals surface area (Å²) in [6.07, 6.45) is 3.11. The van der Waals surface area contributed by atoms with Gasteiger partial charge in [0.15, 0.2) is 18.2 Å². The Morgan fingerprint density at radius 3 is 2.96 bits per heavy atom. The number of benzene rings is 1. The summed E-state index contributed by atoms with van der Waals surface area (Å²) in [5.41, 5.74) is 0. The first-order valence-corrected chi connectivity index (χ1v) is 7.82. The normalized spacial score (nSPS) is 17.4. The molecule has 1 atom stereocenters. The molecule has 1 aromatic heterocycles. The van der Waals surface area contributed by atoms with E-state index in [1.54, 1.807) is 35.4 Å². The number of hydrogen-bond acceptors (Lipinski definition) is 5. The highest BCUT2D eigenvalue weighted by Gasteiger charge is 2.25. The molecule has 0 unspecified atom stereocenters. The summed E-state index contributed by atoms with van der Waals surface area (Å²) in [5, 5.41) is 7.65. The third-order valence-electron chi connectivity index (χ3n) is 3.75. The van der Waals surface area contributed by atoms with Crippen molar-refractivity contribution in [2.45, 2.75) is 18.9 Å². The monoisotopic (exact) mass is 331 g/mol. The quantitative estimate of drug-likeness (QED) is 0.839. The first kappa shape index (κ1) is 16.2. The number of nitrogens with zero attached hydrogens (tertiary/aromatic N) is 3. The van der Waals surface area contributed by atoms with Crippen LogP contribution in [0.15, 0.2) is 42.6 Å². The van der Waals surface area contributed by atoms with Gasteiger partial charge in [-0.1, -0.05) is 12.1 Å². The summed E-state index contributed by atoms with van der Waals surface area (Å²) in [6, 6.07) is 9.51. The Morgan fingerprint density at radius 1 is 1.29 bits per heavy atom. The summed E-state index contributed by atoms with van der Waals surface area (Å²) < 4.78 is 24.5. The number of carbonyl (C=O) groups is 1. The number of ether oxygens (including phenoxy) is 2. The summed E-state index contributed by atoms with van der Waals surface area (Å²) in [7, 11) is 0. The number of carbonyl (C=O) groups excluding carboxylic acids is 1. The van der Waals surface area contributed by atoms with Gasteiger partial charge in [0.05, 0.1) is 6.54 Å². The van der Waals surface area contributed by atoms with Crippen LogP contribution in [0.25, 0.3) is 0 Å². The molecule has 0 radical (unpaired) electrons. The van der Waals surface area contributed by atoms with Gasteiger partial charge >= 0.3 is 0 Å². The number of likely N-dealkylation sites (tertiary alicyclic amines) is 1. The Labute approximate surface area is 139 Å². The molecule has 0 aliphatic carbocycles. The Hall–Kier alpha value is -2.70. The number of amides is 1. The maximum Gasteiger partial charge on any atom is 0.260 e. The highest BCUT2D eigenvalue weighted by Crippen LogP contribution is 2.18. The Morgan fingerprint density at radius 2 is 2.17 bits per heavy atom. The van der Waals surface area contributed by atoms with E-state index in [0.29, 0.717) is 19.0 Å². The number of piperidine rings is 1. The van der Waals surface area contributed by atoms with Gasteiger partial charge in [0, 0.05) is 18.8 Å². The van der Waals surface area contributed by atoms with Crippen LogP contribution in [0.1, 0.15) is 12.8 Å². The molecule has 126 valence electrons. The van der Waals surface area contributed by atoms with Crippen LogP contribution < -0.4 is 9.47 Å². The van der Waals surface area contributed by atoms with Crippen LogP contribution in [-0.4, -0.2) is 46.8 Å². The van der Waals surface area contributed by atoms with Crippen molar-refractivity contribution < 1.29 is 18.7 Å². The second-order valence-electron chi connectivity index (χ2n) is 5.50. The zero-order valence-corrected chi connectivity index (χ0v) is 13.1. The zero-order valence-electron chi connectivity index (χ0n) is 13.1. The molecule has 1 aromatic carbocycles. The van der Waals surface area contributed by atoms with Crippen LogP contribution >= 0.6 is 0 Å². The van der Waals surface area contributed by atoms with Gasteiger partial charge in [0.25, 0.3) is 5.91 Å².